The van der Waals surface area contributed by atoms with Crippen LogP contribution in [0.25, 0.3) is 0 Å². The number of nitro groups is 1. The highest BCUT2D eigenvalue weighted by Crippen LogP contribution is 2.26. The normalized spacial score (nSPS) is 18.6. The molecule has 1 aliphatic heterocycles. The number of hydrogen-bond donors (Lipinski definition) is 0. The van der Waals surface area contributed by atoms with E-state index in [9.17, 15) is 18.5 Å². The van der Waals surface area contributed by atoms with Gasteiger partial charge in [0.15, 0.2) is 0 Å². The van der Waals surface area contributed by atoms with E-state index in [1.165, 1.54) is 21.9 Å². The number of rotatable bonds is 6. The fourth-order valence-electron chi connectivity index (χ4n) is 3.09. The molecular weight excluding hydrogens is 390 g/mol. The fraction of sp³-hybridized carbons (Fsp3) is 0.500. The predicted molar refractivity (Wildman–Crippen MR) is 104 cm³/mol. The Morgan fingerprint density at radius 2 is 2.07 bits per heavy atom. The van der Waals surface area contributed by atoms with Crippen molar-refractivity contribution in [3.8, 4) is 0 Å². The second-order valence-corrected chi connectivity index (χ2v) is 9.34. The molecule has 11 heteroatoms. The molecule has 0 radical (unpaired) electrons. The summed E-state index contributed by atoms with van der Waals surface area (Å²) in [6.07, 6.45) is 0.284. The molecule has 0 saturated carbocycles. The van der Waals surface area contributed by atoms with E-state index in [1.807, 2.05) is 11.8 Å². The van der Waals surface area contributed by atoms with Crippen molar-refractivity contribution in [3.05, 3.63) is 45.8 Å². The monoisotopic (exact) mass is 411 g/mol. The molecule has 146 valence electrons. The third kappa shape index (κ3) is 4.25. The second-order valence-electron chi connectivity index (χ2n) is 6.36. The summed E-state index contributed by atoms with van der Waals surface area (Å²) in [5.41, 5.74) is 0.624. The molecule has 1 atom stereocenters. The van der Waals surface area contributed by atoms with Crippen molar-refractivity contribution < 1.29 is 13.3 Å². The maximum absolute atomic E-state index is 12.1. The van der Waals surface area contributed by atoms with E-state index in [0.29, 0.717) is 36.2 Å². The summed E-state index contributed by atoms with van der Waals surface area (Å²) in [5.74, 6) is 0.624. The molecule has 0 aliphatic carbocycles. The van der Waals surface area contributed by atoms with Gasteiger partial charge in [0, 0.05) is 55.3 Å². The van der Waals surface area contributed by atoms with Gasteiger partial charge < -0.3 is 4.90 Å². The van der Waals surface area contributed by atoms with Crippen molar-refractivity contribution in [1.29, 1.82) is 0 Å². The minimum atomic E-state index is -3.20. The van der Waals surface area contributed by atoms with Gasteiger partial charge in [-0.25, -0.2) is 13.4 Å². The summed E-state index contributed by atoms with van der Waals surface area (Å²) in [6.45, 7) is 4.97. The third-order valence-corrected chi connectivity index (χ3v) is 7.23. The number of benzene rings is 1. The minimum absolute atomic E-state index is 0.0214. The van der Waals surface area contributed by atoms with E-state index in [-0.39, 0.29) is 23.9 Å². The molecule has 1 aromatic heterocycles. The lowest BCUT2D eigenvalue weighted by atomic mass is 10.1. The second kappa shape index (κ2) is 7.87. The van der Waals surface area contributed by atoms with Gasteiger partial charge in [-0.15, -0.1) is 0 Å². The highest BCUT2D eigenvalue weighted by atomic mass is 32.2. The molecule has 2 aromatic rings. The summed E-state index contributed by atoms with van der Waals surface area (Å²) >= 11 is 1.23. The first-order valence-corrected chi connectivity index (χ1v) is 11.0. The number of aromatic nitrogens is 2. The summed E-state index contributed by atoms with van der Waals surface area (Å²) in [5, 5.41) is 11.9. The molecule has 1 saturated heterocycles. The number of sulfonamides is 1. The number of anilines is 1. The number of nitrogens with zero attached hydrogens (tertiary/aromatic N) is 5. The lowest BCUT2D eigenvalue weighted by Gasteiger charge is -2.38. The zero-order valence-electron chi connectivity index (χ0n) is 15.1. The molecular formula is C16H21N5O4S2. The first-order chi connectivity index (χ1) is 12.8. The predicted octanol–water partition coefficient (Wildman–Crippen LogP) is 1.90. The lowest BCUT2D eigenvalue weighted by molar-refractivity contribution is -0.385. The van der Waals surface area contributed by atoms with E-state index in [2.05, 4.69) is 9.36 Å². The van der Waals surface area contributed by atoms with Crippen molar-refractivity contribution in [3.63, 3.8) is 0 Å². The van der Waals surface area contributed by atoms with Crippen LogP contribution in [0.5, 0.6) is 0 Å². The summed E-state index contributed by atoms with van der Waals surface area (Å²) in [4.78, 5) is 17.3. The molecule has 1 aliphatic rings. The summed E-state index contributed by atoms with van der Waals surface area (Å²) < 4.78 is 30.0. The average Bonchev–Trinajstić information content (AvgIpc) is 3.10. The van der Waals surface area contributed by atoms with Crippen LogP contribution < -0.4 is 4.90 Å². The standard InChI is InChI=1S/C16H21N5O4S2/c1-3-27(24,25)19-8-9-20(12(2)11-19)16-17-15(18-26-16)10-13-6-4-5-7-14(13)21(22)23/h4-7,12H,3,8-11H2,1-2H3. The van der Waals surface area contributed by atoms with E-state index in [4.69, 9.17) is 0 Å². The van der Waals surface area contributed by atoms with Gasteiger partial charge in [0.25, 0.3) is 5.69 Å². The molecule has 2 heterocycles. The fourth-order valence-corrected chi connectivity index (χ4v) is 5.07. The van der Waals surface area contributed by atoms with Gasteiger partial charge in [0.1, 0.15) is 5.82 Å². The van der Waals surface area contributed by atoms with Crippen LogP contribution in [0.15, 0.2) is 24.3 Å². The molecule has 1 fully saturated rings. The molecule has 0 N–H and O–H groups in total. The zero-order chi connectivity index (χ0) is 19.6. The molecule has 0 bridgehead atoms. The number of piperazine rings is 1. The van der Waals surface area contributed by atoms with Gasteiger partial charge in [0.05, 0.1) is 10.7 Å². The van der Waals surface area contributed by atoms with Crippen LogP contribution in [-0.4, -0.2) is 58.4 Å². The average molecular weight is 412 g/mol. The molecule has 0 amide bonds. The van der Waals surface area contributed by atoms with Gasteiger partial charge in [-0.05, 0) is 13.8 Å². The largest absolute Gasteiger partial charge is 0.342 e. The van der Waals surface area contributed by atoms with Crippen LogP contribution in [-0.2, 0) is 16.4 Å². The van der Waals surface area contributed by atoms with Crippen LogP contribution >= 0.6 is 11.5 Å². The van der Waals surface area contributed by atoms with Crippen molar-refractivity contribution in [1.82, 2.24) is 13.7 Å². The highest BCUT2D eigenvalue weighted by Gasteiger charge is 2.31. The Hall–Kier alpha value is -2.11. The van der Waals surface area contributed by atoms with Crippen molar-refractivity contribution in [2.45, 2.75) is 26.3 Å². The summed E-state index contributed by atoms with van der Waals surface area (Å²) in [7, 11) is -3.20. The van der Waals surface area contributed by atoms with Crippen LogP contribution in [0, 0.1) is 10.1 Å². The molecule has 1 aromatic carbocycles. The lowest BCUT2D eigenvalue weighted by Crippen LogP contribution is -2.54. The van der Waals surface area contributed by atoms with Gasteiger partial charge in [-0.2, -0.15) is 8.68 Å². The topological polar surface area (TPSA) is 110 Å². The van der Waals surface area contributed by atoms with Crippen molar-refractivity contribution in [2.75, 3.05) is 30.3 Å². The Bertz CT molecular complexity index is 930. The van der Waals surface area contributed by atoms with Crippen LogP contribution in [0.2, 0.25) is 0 Å². The van der Waals surface area contributed by atoms with Crippen molar-refractivity contribution in [2.24, 2.45) is 0 Å². The maximum Gasteiger partial charge on any atom is 0.273 e. The van der Waals surface area contributed by atoms with E-state index in [1.54, 1.807) is 25.1 Å². The maximum atomic E-state index is 12.1. The highest BCUT2D eigenvalue weighted by molar-refractivity contribution is 7.89. The van der Waals surface area contributed by atoms with E-state index >= 15 is 0 Å². The molecule has 3 rings (SSSR count). The minimum Gasteiger partial charge on any atom is -0.342 e. The van der Waals surface area contributed by atoms with Crippen LogP contribution in [0.3, 0.4) is 0 Å². The Balaban J connectivity index is 1.73. The van der Waals surface area contributed by atoms with E-state index < -0.39 is 14.9 Å². The van der Waals surface area contributed by atoms with Gasteiger partial charge >= 0.3 is 0 Å². The molecule has 1 unspecified atom stereocenters. The van der Waals surface area contributed by atoms with Crippen LogP contribution in [0.1, 0.15) is 25.2 Å². The van der Waals surface area contributed by atoms with Crippen molar-refractivity contribution >= 4 is 32.4 Å². The Labute approximate surface area is 162 Å². The van der Waals surface area contributed by atoms with Gasteiger partial charge in [-0.3, -0.25) is 10.1 Å². The number of hydrogen-bond acceptors (Lipinski definition) is 8. The van der Waals surface area contributed by atoms with Crippen LogP contribution in [0.4, 0.5) is 10.8 Å². The molecule has 0 spiro atoms. The SMILES string of the molecule is CCS(=O)(=O)N1CCN(c2nc(Cc3ccccc3[N+](=O)[O-])ns2)C(C)C1. The Kier molecular flexibility index (Phi) is 5.72. The summed E-state index contributed by atoms with van der Waals surface area (Å²) in [6, 6.07) is 6.54. The first kappa shape index (κ1) is 19.6. The number of nitro benzene ring substituents is 1. The third-order valence-electron chi connectivity index (χ3n) is 4.59. The number of para-hydroxylation sites is 1. The van der Waals surface area contributed by atoms with Gasteiger partial charge in [-0.1, -0.05) is 18.2 Å². The molecule has 27 heavy (non-hydrogen) atoms. The Morgan fingerprint density at radius 1 is 1.33 bits per heavy atom. The molecule has 9 nitrogen and oxygen atoms in total. The smallest absolute Gasteiger partial charge is 0.273 e. The van der Waals surface area contributed by atoms with Gasteiger partial charge in [0.2, 0.25) is 15.2 Å². The Morgan fingerprint density at radius 3 is 2.74 bits per heavy atom. The first-order valence-electron chi connectivity index (χ1n) is 8.61. The van der Waals surface area contributed by atoms with E-state index in [0.717, 1.165) is 0 Å². The quantitative estimate of drug-likeness (QED) is 0.527. The zero-order valence-corrected chi connectivity index (χ0v) is 16.7.